The number of hydrogen-bond acceptors (Lipinski definition) is 18. The minimum Gasteiger partial charge on any atom is -0.748 e. The van der Waals surface area contributed by atoms with Crippen molar-refractivity contribution in [1.29, 1.82) is 0 Å². The number of phenolic OH excluding ortho intramolecular Hbond substituents is 1. The number of phenols is 1. The zero-order valence-corrected chi connectivity index (χ0v) is 66.0. The fourth-order valence-corrected chi connectivity index (χ4v) is 21.9. The molecule has 0 aromatic heterocycles. The molecule has 18 nitrogen and oxygen atoms in total. The summed E-state index contributed by atoms with van der Waals surface area (Å²) in [4.78, 5) is 77.8. The average molecular weight is 1530 g/mol. The molecular formula is C84H109F3O18S2. The number of benzene rings is 4. The van der Waals surface area contributed by atoms with E-state index in [0.717, 1.165) is 73.2 Å². The highest BCUT2D eigenvalue weighted by molar-refractivity contribution is 7.97. The minimum atomic E-state index is -5.33. The van der Waals surface area contributed by atoms with Gasteiger partial charge in [0, 0.05) is 12.3 Å². The lowest BCUT2D eigenvalue weighted by Crippen LogP contribution is -2.62. The Morgan fingerprint density at radius 3 is 1.67 bits per heavy atom. The number of carbonyl (C=O) groups excluding carboxylic acids is 6. The van der Waals surface area contributed by atoms with Crippen LogP contribution < -0.4 is 9.47 Å². The summed E-state index contributed by atoms with van der Waals surface area (Å²) in [6, 6.07) is 33.4. The second kappa shape index (κ2) is 30.5. The molecule has 8 aliphatic carbocycles. The Morgan fingerprint density at radius 1 is 0.607 bits per heavy atom. The number of rotatable bonds is 18. The fraction of sp³-hybridized carbons (Fsp3) is 0.643. The first-order valence-electron chi connectivity index (χ1n) is 38.5. The van der Waals surface area contributed by atoms with Crippen molar-refractivity contribution >= 4 is 56.8 Å². The van der Waals surface area contributed by atoms with Gasteiger partial charge in [-0.3, -0.25) is 28.8 Å². The SMILES string of the molecule is CCC(C)(C)C(=O)OC1(CC)CC2CC1C1C3CCC(C3)C21.CCC(C)(C)C(=O)OC12CC3CC(C1)CC(C(=O)OC(C)(CS(=O)(=O)[O-])C(F)(F)F)(C3)C2.CCC(C)(C)C(=O)OC1C2CC3C(=O)OC1C3O2.CCC(C)(C)C(=O)Oc1ccc(O)cc1.c1ccc([S+]2c3ccccc3Oc3ccccc32)cc1. The van der Waals surface area contributed by atoms with Crippen LogP contribution in [0.4, 0.5) is 13.2 Å². The van der Waals surface area contributed by atoms with Gasteiger partial charge in [0.15, 0.2) is 28.6 Å². The molecule has 15 atom stereocenters. The zero-order chi connectivity index (χ0) is 78.0. The first-order chi connectivity index (χ1) is 50.1. The van der Waals surface area contributed by atoms with E-state index in [1.165, 1.54) is 52.5 Å². The molecule has 586 valence electrons. The molecule has 16 rings (SSSR count). The molecule has 10 bridgehead atoms. The van der Waals surface area contributed by atoms with E-state index >= 15 is 0 Å². The Kier molecular flexibility index (Phi) is 23.2. The molecule has 12 aliphatic rings. The van der Waals surface area contributed by atoms with Crippen molar-refractivity contribution in [2.24, 2.45) is 80.3 Å². The Bertz CT molecular complexity index is 3980. The number of alkyl halides is 3. The molecule has 0 spiro atoms. The van der Waals surface area contributed by atoms with Crippen LogP contribution in [-0.4, -0.2) is 107 Å². The molecule has 0 amide bonds. The first-order valence-corrected chi connectivity index (χ1v) is 41.3. The number of hydrogen-bond donors (Lipinski definition) is 1. The number of halogens is 3. The van der Waals surface area contributed by atoms with Crippen molar-refractivity contribution < 1.29 is 97.9 Å². The van der Waals surface area contributed by atoms with Gasteiger partial charge < -0.3 is 47.6 Å². The summed E-state index contributed by atoms with van der Waals surface area (Å²) in [6.07, 6.45) is 7.41. The molecule has 4 aromatic rings. The van der Waals surface area contributed by atoms with Crippen LogP contribution in [0.3, 0.4) is 0 Å². The maximum atomic E-state index is 13.6. The number of aromatic hydroxyl groups is 1. The molecule has 1 N–H and O–H groups in total. The van der Waals surface area contributed by atoms with Crippen LogP contribution in [-0.2, 0) is 78.2 Å². The maximum Gasteiger partial charge on any atom is 0.429 e. The smallest absolute Gasteiger partial charge is 0.429 e. The van der Waals surface area contributed by atoms with Gasteiger partial charge in [0.2, 0.25) is 15.4 Å². The largest absolute Gasteiger partial charge is 0.748 e. The zero-order valence-electron chi connectivity index (χ0n) is 64.4. The molecular weight excluding hydrogens is 1420 g/mol. The fourth-order valence-electron chi connectivity index (χ4n) is 18.8. The van der Waals surface area contributed by atoms with Crippen LogP contribution in [0.5, 0.6) is 23.0 Å². The third kappa shape index (κ3) is 16.6. The van der Waals surface area contributed by atoms with Gasteiger partial charge >= 0.3 is 42.0 Å². The van der Waals surface area contributed by atoms with Crippen LogP contribution in [0, 0.1) is 80.3 Å². The lowest BCUT2D eigenvalue weighted by atomic mass is 9.48. The van der Waals surface area contributed by atoms with E-state index in [4.69, 9.17) is 43.0 Å². The van der Waals surface area contributed by atoms with Crippen molar-refractivity contribution in [3.05, 3.63) is 103 Å². The highest BCUT2D eigenvalue weighted by Crippen LogP contribution is 2.71. The summed E-state index contributed by atoms with van der Waals surface area (Å²) in [6.45, 7) is 25.4. The highest BCUT2D eigenvalue weighted by atomic mass is 32.2. The normalized spacial score (nSPS) is 31.2. The summed E-state index contributed by atoms with van der Waals surface area (Å²) >= 11 is 0. The summed E-state index contributed by atoms with van der Waals surface area (Å²) < 4.78 is 119. The monoisotopic (exact) mass is 1530 g/mol. The van der Waals surface area contributed by atoms with Gasteiger partial charge in [-0.25, -0.2) is 8.42 Å². The van der Waals surface area contributed by atoms with E-state index in [9.17, 15) is 54.9 Å². The predicted molar refractivity (Wildman–Crippen MR) is 392 cm³/mol. The van der Waals surface area contributed by atoms with Crippen molar-refractivity contribution in [2.45, 2.75) is 268 Å². The summed E-state index contributed by atoms with van der Waals surface area (Å²) in [7, 11) is -5.41. The summed E-state index contributed by atoms with van der Waals surface area (Å²) in [5.74, 6) is 3.59. The molecule has 4 aliphatic heterocycles. The molecule has 107 heavy (non-hydrogen) atoms. The Hall–Kier alpha value is -6.69. The molecule has 15 unspecified atom stereocenters. The Balaban J connectivity index is 0.000000136. The standard InChI is InChI=1S/C21H31F3O7S.C20H32O2.C18H13OS.C13H18O5.C12H16O3/c1-5-17(2,3)15(25)31-20-9-13-6-14(10-20)8-19(7-13,11-20)16(26)30-18(4,21(22,23)24)12-32(27,28)29;1-5-19(3,4)18(21)22-20(6-2)11-14-10-15(20)17-13-8-7-12(9-13)16(14)17;1-2-8-14(9-3-1)20-17-12-6-4-10-15(17)19-16-11-5-7-13-18(16)20;1-4-13(2,3)12(15)18-9-7-5-6-8(16-7)10(9)17-11(6)14;1-4-12(2,3)11(14)15-10-7-5-9(13)6-8-10/h13-14H,5-12H2,1-4H3,(H,27,28,29);12-17H,5-11H2,1-4H3;1-13H;6-10H,4-5H2,1-3H3;5-8,13H,4H2,1-3H3/q;;+1;;/p-1. The van der Waals surface area contributed by atoms with E-state index in [2.05, 4.69) is 68.4 Å². The summed E-state index contributed by atoms with van der Waals surface area (Å²) in [5.41, 5.74) is -7.90. The van der Waals surface area contributed by atoms with Crippen LogP contribution in [0.1, 0.15) is 206 Å². The van der Waals surface area contributed by atoms with Gasteiger partial charge in [-0.05, 0) is 267 Å². The van der Waals surface area contributed by atoms with Gasteiger partial charge in [0.1, 0.15) is 39.7 Å². The second-order valence-electron chi connectivity index (χ2n) is 34.9. The second-order valence-corrected chi connectivity index (χ2v) is 38.3. The van der Waals surface area contributed by atoms with Crippen molar-refractivity contribution in [3.8, 4) is 23.0 Å². The molecule has 11 fully saturated rings. The topological polar surface area (TPSA) is 254 Å². The van der Waals surface area contributed by atoms with E-state index in [0.29, 0.717) is 50.7 Å². The third-order valence-electron chi connectivity index (χ3n) is 26.1. The number of esters is 6. The predicted octanol–water partition coefficient (Wildman–Crippen LogP) is 17.2. The molecule has 4 aromatic carbocycles. The first kappa shape index (κ1) is 81.3. The average Bonchev–Trinajstić information content (AvgIpc) is 1.28. The van der Waals surface area contributed by atoms with Gasteiger partial charge in [-0.1, -0.05) is 77.1 Å². The van der Waals surface area contributed by atoms with E-state index in [1.807, 2.05) is 86.6 Å². The van der Waals surface area contributed by atoms with Crippen LogP contribution in [0.15, 0.2) is 118 Å². The molecule has 8 saturated carbocycles. The van der Waals surface area contributed by atoms with Crippen molar-refractivity contribution in [3.63, 3.8) is 0 Å². The lowest BCUT2D eigenvalue weighted by Gasteiger charge is -2.60. The minimum absolute atomic E-state index is 0.0123. The highest BCUT2D eigenvalue weighted by Gasteiger charge is 2.70. The molecule has 4 heterocycles. The van der Waals surface area contributed by atoms with E-state index in [1.54, 1.807) is 26.0 Å². The number of fused-ring (bicyclic) bond motifs is 12. The van der Waals surface area contributed by atoms with Crippen molar-refractivity contribution in [2.75, 3.05) is 5.75 Å². The van der Waals surface area contributed by atoms with Crippen molar-refractivity contribution in [1.82, 2.24) is 0 Å². The molecule has 23 heteroatoms. The number of para-hydroxylation sites is 2. The number of ether oxygens (including phenoxy) is 8. The Morgan fingerprint density at radius 2 is 1.13 bits per heavy atom. The van der Waals surface area contributed by atoms with Gasteiger partial charge in [-0.2, -0.15) is 13.2 Å². The molecule has 3 saturated heterocycles. The summed E-state index contributed by atoms with van der Waals surface area (Å²) in [5, 5.41) is 9.06. The van der Waals surface area contributed by atoms with Gasteiger partial charge in [0.25, 0.3) is 0 Å². The Labute approximate surface area is 631 Å². The van der Waals surface area contributed by atoms with Crippen LogP contribution >= 0.6 is 0 Å². The molecule has 0 radical (unpaired) electrons. The van der Waals surface area contributed by atoms with E-state index < -0.39 is 79.1 Å². The maximum absolute atomic E-state index is 13.6. The quantitative estimate of drug-likeness (QED) is 0.0214. The van der Waals surface area contributed by atoms with Crippen LogP contribution in [0.25, 0.3) is 0 Å². The van der Waals surface area contributed by atoms with Crippen LogP contribution in [0.2, 0.25) is 0 Å². The van der Waals surface area contributed by atoms with Gasteiger partial charge in [-0.15, -0.1) is 0 Å². The third-order valence-corrected chi connectivity index (χ3v) is 29.3. The lowest BCUT2D eigenvalue weighted by molar-refractivity contribution is -0.268. The van der Waals surface area contributed by atoms with Gasteiger partial charge in [0.05, 0.1) is 55.0 Å². The number of carbonyl (C=O) groups is 6. The van der Waals surface area contributed by atoms with E-state index in [-0.39, 0.29) is 101 Å².